The minimum Gasteiger partial charge on any atom is -0.481 e. The van der Waals surface area contributed by atoms with E-state index in [1.165, 1.54) is 32.9 Å². The van der Waals surface area contributed by atoms with E-state index < -0.39 is 47.8 Å². The molecule has 1 saturated carbocycles. The molecular formula is C24H24F3N5O6. The molecule has 38 heavy (non-hydrogen) atoms. The summed E-state index contributed by atoms with van der Waals surface area (Å²) in [6.07, 6.45) is -5.48. The van der Waals surface area contributed by atoms with Gasteiger partial charge in [0.15, 0.2) is 11.9 Å². The van der Waals surface area contributed by atoms with Crippen LogP contribution in [0, 0.1) is 22.2 Å². The van der Waals surface area contributed by atoms with Crippen LogP contribution in [-0.4, -0.2) is 46.5 Å². The van der Waals surface area contributed by atoms with Gasteiger partial charge in [-0.25, -0.2) is 9.78 Å². The van der Waals surface area contributed by atoms with Gasteiger partial charge in [0.2, 0.25) is 5.89 Å². The molecule has 1 aliphatic carbocycles. The zero-order chi connectivity index (χ0) is 28.3. The highest BCUT2D eigenvalue weighted by atomic mass is 19.4. The largest absolute Gasteiger partial charge is 0.510 e. The van der Waals surface area contributed by atoms with E-state index in [9.17, 15) is 28.0 Å². The van der Waals surface area contributed by atoms with Crippen molar-refractivity contribution in [2.75, 3.05) is 6.61 Å². The maximum absolute atomic E-state index is 13.2. The van der Waals surface area contributed by atoms with Gasteiger partial charge in [0, 0.05) is 11.5 Å². The maximum atomic E-state index is 13.2. The molecule has 1 aromatic carbocycles. The van der Waals surface area contributed by atoms with Gasteiger partial charge in [-0.1, -0.05) is 6.07 Å². The smallest absolute Gasteiger partial charge is 0.481 e. The molecule has 0 saturated heterocycles. The summed E-state index contributed by atoms with van der Waals surface area (Å²) in [7, 11) is 0. The summed E-state index contributed by atoms with van der Waals surface area (Å²) in [6, 6.07) is 6.02. The zero-order valence-corrected chi connectivity index (χ0v) is 20.5. The number of aromatic nitrogens is 1. The van der Waals surface area contributed by atoms with Crippen LogP contribution in [-0.2, 0) is 20.4 Å². The second kappa shape index (κ2) is 10.9. The number of oxazole rings is 1. The van der Waals surface area contributed by atoms with Crippen LogP contribution in [0.1, 0.15) is 56.5 Å². The van der Waals surface area contributed by atoms with Crippen LogP contribution in [0.25, 0.3) is 11.5 Å². The molecule has 0 amide bonds. The Hall–Kier alpha value is -4.41. The molecule has 0 aliphatic heterocycles. The fourth-order valence-corrected chi connectivity index (χ4v) is 3.02. The highest BCUT2D eigenvalue weighted by Crippen LogP contribution is 2.43. The molecule has 2 aromatic rings. The van der Waals surface area contributed by atoms with Crippen LogP contribution in [0.5, 0.6) is 0 Å². The van der Waals surface area contributed by atoms with Gasteiger partial charge < -0.3 is 19.0 Å². The second-order valence-electron chi connectivity index (χ2n) is 9.15. The Bertz CT molecular complexity index is 1310. The number of hydrogen-bond acceptors (Lipinski definition) is 10. The number of rotatable bonds is 10. The van der Waals surface area contributed by atoms with Gasteiger partial charge in [0.1, 0.15) is 29.8 Å². The first-order chi connectivity index (χ1) is 17.7. The van der Waals surface area contributed by atoms with E-state index in [2.05, 4.69) is 15.5 Å². The van der Waals surface area contributed by atoms with E-state index in [0.29, 0.717) is 12.8 Å². The third-order valence-corrected chi connectivity index (χ3v) is 5.37. The molecule has 0 radical (unpaired) electrons. The summed E-state index contributed by atoms with van der Waals surface area (Å²) >= 11 is 0. The third kappa shape index (κ3) is 6.87. The van der Waals surface area contributed by atoms with E-state index in [1.807, 2.05) is 0 Å². The van der Waals surface area contributed by atoms with E-state index in [1.54, 1.807) is 6.07 Å². The molecule has 1 fully saturated rings. The molecule has 0 spiro atoms. The lowest BCUT2D eigenvalue weighted by Crippen LogP contribution is -2.33. The van der Waals surface area contributed by atoms with Crippen LogP contribution >= 0.6 is 0 Å². The number of nitrogens with zero attached hydrogens (tertiary/aromatic N) is 3. The molecule has 1 aliphatic rings. The van der Waals surface area contributed by atoms with Gasteiger partial charge in [-0.15, -0.1) is 0 Å². The van der Waals surface area contributed by atoms with E-state index in [-0.39, 0.29) is 34.5 Å². The Morgan fingerprint density at radius 2 is 2.05 bits per heavy atom. The quantitative estimate of drug-likeness (QED) is 0.169. The summed E-state index contributed by atoms with van der Waals surface area (Å²) in [5, 5.41) is 30.4. The van der Waals surface area contributed by atoms with Gasteiger partial charge in [0.05, 0.1) is 11.0 Å². The Morgan fingerprint density at radius 3 is 2.63 bits per heavy atom. The number of carboxylic acid groups (broad SMARTS) is 1. The number of carbonyl (C=O) groups excluding carboxylic acids is 1. The molecule has 1 unspecified atom stereocenters. The van der Waals surface area contributed by atoms with Crippen molar-refractivity contribution in [3.8, 4) is 17.5 Å². The third-order valence-electron chi connectivity index (χ3n) is 5.37. The van der Waals surface area contributed by atoms with Crippen LogP contribution in [0.4, 0.5) is 18.0 Å². The number of nitrogens with one attached hydrogen (secondary N) is 2. The Labute approximate surface area is 214 Å². The van der Waals surface area contributed by atoms with Crippen molar-refractivity contribution in [2.24, 2.45) is 10.5 Å². The molecule has 1 atom stereocenters. The lowest BCUT2D eigenvalue weighted by atomic mass is 9.95. The first-order valence-electron chi connectivity index (χ1n) is 11.3. The van der Waals surface area contributed by atoms with Crippen molar-refractivity contribution in [1.29, 1.82) is 10.7 Å². The predicted molar refractivity (Wildman–Crippen MR) is 125 cm³/mol. The summed E-state index contributed by atoms with van der Waals surface area (Å²) in [5.74, 6) is -1.17. The number of carbonyl (C=O) groups is 2. The Balaban J connectivity index is 1.84. The van der Waals surface area contributed by atoms with Crippen molar-refractivity contribution in [2.45, 2.75) is 51.9 Å². The van der Waals surface area contributed by atoms with Gasteiger partial charge >= 0.3 is 18.3 Å². The summed E-state index contributed by atoms with van der Waals surface area (Å²) in [4.78, 5) is 27.3. The van der Waals surface area contributed by atoms with Crippen LogP contribution in [0.15, 0.2) is 33.8 Å². The van der Waals surface area contributed by atoms with E-state index in [4.69, 9.17) is 24.4 Å². The Morgan fingerprint density at radius 1 is 1.37 bits per heavy atom. The van der Waals surface area contributed by atoms with Crippen molar-refractivity contribution in [3.05, 3.63) is 41.3 Å². The van der Waals surface area contributed by atoms with Gasteiger partial charge in [-0.3, -0.25) is 15.6 Å². The zero-order valence-electron chi connectivity index (χ0n) is 20.5. The van der Waals surface area contributed by atoms with Crippen molar-refractivity contribution in [3.63, 3.8) is 0 Å². The number of ether oxygens (including phenoxy) is 2. The summed E-state index contributed by atoms with van der Waals surface area (Å²) in [5.41, 5.74) is -0.648. The van der Waals surface area contributed by atoms with E-state index in [0.717, 1.165) is 12.1 Å². The molecule has 1 heterocycles. The molecule has 3 rings (SSSR count). The van der Waals surface area contributed by atoms with Crippen LogP contribution < -0.4 is 5.43 Å². The highest BCUT2D eigenvalue weighted by molar-refractivity contribution is 6.52. The topological polar surface area (TPSA) is 171 Å². The van der Waals surface area contributed by atoms with Crippen LogP contribution in [0.2, 0.25) is 0 Å². The lowest BCUT2D eigenvalue weighted by Gasteiger charge is -2.19. The summed E-state index contributed by atoms with van der Waals surface area (Å²) in [6.45, 7) is 3.62. The summed E-state index contributed by atoms with van der Waals surface area (Å²) < 4.78 is 55.1. The number of hydrazone groups is 1. The number of aliphatic carboxylic acids is 1. The molecule has 14 heteroatoms. The first kappa shape index (κ1) is 28.2. The number of carboxylic acids is 1. The molecular weight excluding hydrogens is 511 g/mol. The van der Waals surface area contributed by atoms with Crippen molar-refractivity contribution < 1.29 is 41.8 Å². The number of hydrogen-bond donors (Lipinski definition) is 3. The molecule has 11 nitrogen and oxygen atoms in total. The minimum atomic E-state index is -4.58. The molecule has 202 valence electrons. The fourth-order valence-electron chi connectivity index (χ4n) is 3.02. The number of alkyl halides is 3. The normalized spacial score (nSPS) is 14.8. The number of nitriles is 1. The molecule has 3 N–H and O–H groups in total. The highest BCUT2D eigenvalue weighted by Gasteiger charge is 2.36. The fraction of sp³-hybridized carbons (Fsp3) is 0.417. The monoisotopic (exact) mass is 535 g/mol. The standard InChI is InChI=1S/C24H24F3N5O6/c1-12(37-22(35)36-11-23(2,3)21(33)34)31-32-17(16(29)10-28)18-19(13-7-8-13)38-20(30-18)14-5-4-6-15(9-14)24(25,26)27/h4-6,9,12-13,29,31H,7-8,11H2,1-3H3,(H,33,34)/b29-16?,32-17+. The number of benzene rings is 1. The average Bonchev–Trinajstić information content (AvgIpc) is 3.61. The molecule has 1 aromatic heterocycles. The van der Waals surface area contributed by atoms with Crippen molar-refractivity contribution >= 4 is 23.5 Å². The van der Waals surface area contributed by atoms with Crippen molar-refractivity contribution in [1.82, 2.24) is 10.4 Å². The maximum Gasteiger partial charge on any atom is 0.510 e. The SMILES string of the molecule is CC(N/N=C(\C(=N)C#N)c1nc(-c2cccc(C(F)(F)F)c2)oc1C1CC1)OC(=O)OCC(C)(C)C(=O)O. The van der Waals surface area contributed by atoms with Gasteiger partial charge in [0.25, 0.3) is 0 Å². The predicted octanol–water partition coefficient (Wildman–Crippen LogP) is 4.68. The van der Waals surface area contributed by atoms with Gasteiger partial charge in [-0.05, 0) is 51.8 Å². The van der Waals surface area contributed by atoms with E-state index >= 15 is 0 Å². The second-order valence-corrected chi connectivity index (χ2v) is 9.15. The first-order valence-corrected chi connectivity index (χ1v) is 11.3. The minimum absolute atomic E-state index is 0.00283. The average molecular weight is 535 g/mol. The Kier molecular flexibility index (Phi) is 8.09. The van der Waals surface area contributed by atoms with Gasteiger partial charge in [-0.2, -0.15) is 23.5 Å². The van der Waals surface area contributed by atoms with Crippen LogP contribution in [0.3, 0.4) is 0 Å². The molecule has 0 bridgehead atoms. The number of halogens is 3. The lowest BCUT2D eigenvalue weighted by molar-refractivity contribution is -0.149.